The molecule has 1 unspecified atom stereocenters. The van der Waals surface area contributed by atoms with Gasteiger partial charge in [0.15, 0.2) is 0 Å². The zero-order chi connectivity index (χ0) is 13.5. The molecule has 2 heteroatoms. The standard InChI is InChI=1S/C16H24BrF/c1-4-5-6-7-8-9-15(17)14-10-12(2)16(18)13(3)11-14/h10-11,15H,4-9H2,1-3H3. The van der Waals surface area contributed by atoms with Crippen molar-refractivity contribution in [3.8, 4) is 0 Å². The Balaban J connectivity index is 2.49. The molecule has 0 aromatic heterocycles. The number of halogens is 2. The molecule has 0 aliphatic heterocycles. The average Bonchev–Trinajstić information content (AvgIpc) is 2.34. The Morgan fingerprint density at radius 1 is 1.06 bits per heavy atom. The zero-order valence-corrected chi connectivity index (χ0v) is 13.3. The number of benzene rings is 1. The maximum atomic E-state index is 13.6. The average molecular weight is 315 g/mol. The van der Waals surface area contributed by atoms with E-state index in [0.717, 1.165) is 17.5 Å². The Hall–Kier alpha value is -0.370. The molecule has 0 saturated heterocycles. The molecule has 0 amide bonds. The van der Waals surface area contributed by atoms with Gasteiger partial charge in [-0.2, -0.15) is 0 Å². The third-order valence-corrected chi connectivity index (χ3v) is 4.37. The Bertz CT molecular complexity index is 350. The van der Waals surface area contributed by atoms with Crippen LogP contribution in [0.25, 0.3) is 0 Å². The molecule has 1 aromatic rings. The summed E-state index contributed by atoms with van der Waals surface area (Å²) in [6.45, 7) is 5.91. The van der Waals surface area contributed by atoms with Gasteiger partial charge in [-0.3, -0.25) is 0 Å². The van der Waals surface area contributed by atoms with Crippen molar-refractivity contribution >= 4 is 15.9 Å². The fourth-order valence-corrected chi connectivity index (χ4v) is 2.84. The van der Waals surface area contributed by atoms with Crippen molar-refractivity contribution in [2.45, 2.75) is 64.1 Å². The van der Waals surface area contributed by atoms with Gasteiger partial charge in [0, 0.05) is 4.83 Å². The van der Waals surface area contributed by atoms with Crippen molar-refractivity contribution in [1.29, 1.82) is 0 Å². The number of aryl methyl sites for hydroxylation is 2. The van der Waals surface area contributed by atoms with Crippen LogP contribution in [0.1, 0.15) is 67.0 Å². The smallest absolute Gasteiger partial charge is 0.129 e. The minimum Gasteiger partial charge on any atom is -0.206 e. The SMILES string of the molecule is CCCCCCCC(Br)c1cc(C)c(F)c(C)c1. The van der Waals surface area contributed by atoms with Crippen molar-refractivity contribution in [1.82, 2.24) is 0 Å². The summed E-state index contributed by atoms with van der Waals surface area (Å²) in [5.41, 5.74) is 2.71. The number of alkyl halides is 1. The Morgan fingerprint density at radius 3 is 2.17 bits per heavy atom. The lowest BCUT2D eigenvalue weighted by Gasteiger charge is -2.13. The monoisotopic (exact) mass is 314 g/mol. The van der Waals surface area contributed by atoms with E-state index in [0.29, 0.717) is 4.83 Å². The molecule has 0 radical (unpaired) electrons. The summed E-state index contributed by atoms with van der Waals surface area (Å²) in [5, 5.41) is 0. The summed E-state index contributed by atoms with van der Waals surface area (Å²) >= 11 is 3.73. The fraction of sp³-hybridized carbons (Fsp3) is 0.625. The van der Waals surface area contributed by atoms with Crippen LogP contribution in [0.15, 0.2) is 12.1 Å². The van der Waals surface area contributed by atoms with E-state index >= 15 is 0 Å². The second-order valence-corrected chi connectivity index (χ2v) is 6.24. The van der Waals surface area contributed by atoms with E-state index in [2.05, 4.69) is 22.9 Å². The van der Waals surface area contributed by atoms with Crippen LogP contribution >= 0.6 is 15.9 Å². The van der Waals surface area contributed by atoms with Crippen LogP contribution in [-0.4, -0.2) is 0 Å². The van der Waals surface area contributed by atoms with Gasteiger partial charge in [0.25, 0.3) is 0 Å². The first-order chi connectivity index (χ1) is 8.56. The third-order valence-electron chi connectivity index (χ3n) is 3.38. The summed E-state index contributed by atoms with van der Waals surface area (Å²) in [4.78, 5) is 0.358. The topological polar surface area (TPSA) is 0 Å². The van der Waals surface area contributed by atoms with E-state index < -0.39 is 0 Å². The minimum atomic E-state index is -0.0682. The highest BCUT2D eigenvalue weighted by Gasteiger charge is 2.11. The number of hydrogen-bond donors (Lipinski definition) is 0. The van der Waals surface area contributed by atoms with E-state index in [9.17, 15) is 4.39 Å². The molecule has 0 saturated carbocycles. The van der Waals surface area contributed by atoms with Crippen molar-refractivity contribution in [2.75, 3.05) is 0 Å². The fourth-order valence-electron chi connectivity index (χ4n) is 2.25. The Kier molecular flexibility index (Phi) is 6.91. The van der Waals surface area contributed by atoms with E-state index in [-0.39, 0.29) is 5.82 Å². The summed E-state index contributed by atoms with van der Waals surface area (Å²) in [6, 6.07) is 3.93. The molecule has 0 spiro atoms. The van der Waals surface area contributed by atoms with Gasteiger partial charge in [-0.25, -0.2) is 4.39 Å². The lowest BCUT2D eigenvalue weighted by atomic mass is 10.0. The molecule has 1 aromatic carbocycles. The van der Waals surface area contributed by atoms with Gasteiger partial charge >= 0.3 is 0 Å². The predicted molar refractivity (Wildman–Crippen MR) is 80.9 cm³/mol. The Morgan fingerprint density at radius 2 is 1.61 bits per heavy atom. The van der Waals surface area contributed by atoms with Crippen molar-refractivity contribution in [3.63, 3.8) is 0 Å². The summed E-state index contributed by atoms with van der Waals surface area (Å²) in [7, 11) is 0. The van der Waals surface area contributed by atoms with Gasteiger partial charge in [0.2, 0.25) is 0 Å². The lowest BCUT2D eigenvalue weighted by Crippen LogP contribution is -1.96. The van der Waals surface area contributed by atoms with Crippen LogP contribution in [-0.2, 0) is 0 Å². The third kappa shape index (κ3) is 4.72. The van der Waals surface area contributed by atoms with Gasteiger partial charge in [0.05, 0.1) is 0 Å². The normalized spacial score (nSPS) is 12.7. The van der Waals surface area contributed by atoms with Crippen molar-refractivity contribution < 1.29 is 4.39 Å². The van der Waals surface area contributed by atoms with Crippen LogP contribution < -0.4 is 0 Å². The van der Waals surface area contributed by atoms with Crippen LogP contribution in [0.4, 0.5) is 4.39 Å². The summed E-state index contributed by atoms with van der Waals surface area (Å²) in [5.74, 6) is -0.0682. The second-order valence-electron chi connectivity index (χ2n) is 5.14. The molecule has 0 fully saturated rings. The van der Waals surface area contributed by atoms with Gasteiger partial charge in [-0.05, 0) is 37.0 Å². The quantitative estimate of drug-likeness (QED) is 0.413. The Labute approximate surface area is 119 Å². The highest BCUT2D eigenvalue weighted by Crippen LogP contribution is 2.31. The molecule has 18 heavy (non-hydrogen) atoms. The molecule has 102 valence electrons. The van der Waals surface area contributed by atoms with Crippen molar-refractivity contribution in [2.24, 2.45) is 0 Å². The predicted octanol–water partition coefficient (Wildman–Crippen LogP) is 6.24. The van der Waals surface area contributed by atoms with Crippen LogP contribution in [0.3, 0.4) is 0 Å². The molecule has 1 rings (SSSR count). The molecule has 0 nitrogen and oxygen atoms in total. The van der Waals surface area contributed by atoms with Gasteiger partial charge < -0.3 is 0 Å². The number of unbranched alkanes of at least 4 members (excludes halogenated alkanes) is 4. The molecule has 0 N–H and O–H groups in total. The van der Waals surface area contributed by atoms with Gasteiger partial charge in [0.1, 0.15) is 5.82 Å². The molecule has 0 heterocycles. The minimum absolute atomic E-state index is 0.0682. The van der Waals surface area contributed by atoms with Crippen LogP contribution in [0.2, 0.25) is 0 Å². The van der Waals surface area contributed by atoms with E-state index in [4.69, 9.17) is 0 Å². The van der Waals surface area contributed by atoms with Gasteiger partial charge in [-0.15, -0.1) is 0 Å². The molecular weight excluding hydrogens is 291 g/mol. The maximum Gasteiger partial charge on any atom is 0.129 e. The molecule has 0 aliphatic rings. The first-order valence-electron chi connectivity index (χ1n) is 6.97. The van der Waals surface area contributed by atoms with E-state index in [1.807, 2.05) is 26.0 Å². The summed E-state index contributed by atoms with van der Waals surface area (Å²) in [6.07, 6.45) is 7.63. The van der Waals surface area contributed by atoms with Crippen LogP contribution in [0.5, 0.6) is 0 Å². The molecule has 0 bridgehead atoms. The highest BCUT2D eigenvalue weighted by atomic mass is 79.9. The second kappa shape index (κ2) is 7.93. The van der Waals surface area contributed by atoms with E-state index in [1.54, 1.807) is 0 Å². The molecule has 0 aliphatic carbocycles. The lowest BCUT2D eigenvalue weighted by molar-refractivity contribution is 0.599. The molecule has 1 atom stereocenters. The first kappa shape index (κ1) is 15.7. The zero-order valence-electron chi connectivity index (χ0n) is 11.7. The summed E-state index contributed by atoms with van der Waals surface area (Å²) < 4.78 is 13.6. The number of rotatable bonds is 7. The van der Waals surface area contributed by atoms with Crippen molar-refractivity contribution in [3.05, 3.63) is 34.6 Å². The maximum absolute atomic E-state index is 13.6. The van der Waals surface area contributed by atoms with Gasteiger partial charge in [-0.1, -0.05) is 67.1 Å². The molecular formula is C16H24BrF. The largest absolute Gasteiger partial charge is 0.206 e. The highest BCUT2D eigenvalue weighted by molar-refractivity contribution is 9.09. The first-order valence-corrected chi connectivity index (χ1v) is 7.88. The van der Waals surface area contributed by atoms with Crippen LogP contribution in [0, 0.1) is 19.7 Å². The number of hydrogen-bond acceptors (Lipinski definition) is 0. The van der Waals surface area contributed by atoms with E-state index in [1.165, 1.54) is 37.7 Å².